The SMILES string of the molecule is CC(=NO)c1cc(O)ccc1O. The van der Waals surface area contributed by atoms with E-state index in [-0.39, 0.29) is 17.2 Å². The molecule has 0 bridgehead atoms. The van der Waals surface area contributed by atoms with Crippen LogP contribution in [0.15, 0.2) is 23.4 Å². The first-order chi connectivity index (χ1) is 5.65. The predicted molar refractivity (Wildman–Crippen MR) is 43.8 cm³/mol. The van der Waals surface area contributed by atoms with Crippen LogP contribution < -0.4 is 0 Å². The number of phenolic OH excluding ortho intramolecular Hbond substituents is 2. The highest BCUT2D eigenvalue weighted by molar-refractivity contribution is 6.00. The van der Waals surface area contributed by atoms with Crippen LogP contribution in [0, 0.1) is 0 Å². The van der Waals surface area contributed by atoms with Crippen molar-refractivity contribution in [3.8, 4) is 11.5 Å². The molecule has 0 aliphatic carbocycles. The van der Waals surface area contributed by atoms with Crippen LogP contribution in [0.3, 0.4) is 0 Å². The zero-order chi connectivity index (χ0) is 9.14. The summed E-state index contributed by atoms with van der Waals surface area (Å²) >= 11 is 0. The Balaban J connectivity index is 3.23. The second-order valence-corrected chi connectivity index (χ2v) is 2.39. The number of oxime groups is 1. The number of rotatable bonds is 1. The first kappa shape index (κ1) is 8.39. The number of nitrogens with zero attached hydrogens (tertiary/aromatic N) is 1. The van der Waals surface area contributed by atoms with Crippen LogP contribution in [0.25, 0.3) is 0 Å². The summed E-state index contributed by atoms with van der Waals surface area (Å²) in [6, 6.07) is 4.01. The topological polar surface area (TPSA) is 73.1 Å². The molecular weight excluding hydrogens is 158 g/mol. The Morgan fingerprint density at radius 3 is 2.58 bits per heavy atom. The molecule has 1 aromatic carbocycles. The molecule has 1 aromatic rings. The molecule has 0 unspecified atom stereocenters. The van der Waals surface area contributed by atoms with Crippen LogP contribution in [0.4, 0.5) is 0 Å². The third-order valence-electron chi connectivity index (χ3n) is 1.52. The molecule has 0 aliphatic heterocycles. The van der Waals surface area contributed by atoms with Crippen molar-refractivity contribution < 1.29 is 15.4 Å². The molecule has 12 heavy (non-hydrogen) atoms. The van der Waals surface area contributed by atoms with Crippen LogP contribution in [0.5, 0.6) is 11.5 Å². The van der Waals surface area contributed by atoms with Crippen molar-refractivity contribution >= 4 is 5.71 Å². The Kier molecular flexibility index (Phi) is 2.19. The van der Waals surface area contributed by atoms with Crippen molar-refractivity contribution in [2.24, 2.45) is 5.16 Å². The molecule has 0 spiro atoms. The van der Waals surface area contributed by atoms with Gasteiger partial charge in [-0.2, -0.15) is 0 Å². The van der Waals surface area contributed by atoms with E-state index in [1.807, 2.05) is 0 Å². The van der Waals surface area contributed by atoms with Gasteiger partial charge in [-0.25, -0.2) is 0 Å². The lowest BCUT2D eigenvalue weighted by Crippen LogP contribution is -1.94. The highest BCUT2D eigenvalue weighted by Crippen LogP contribution is 2.22. The molecule has 0 saturated heterocycles. The lowest BCUT2D eigenvalue weighted by Gasteiger charge is -2.02. The third kappa shape index (κ3) is 1.47. The van der Waals surface area contributed by atoms with Gasteiger partial charge < -0.3 is 15.4 Å². The molecule has 0 fully saturated rings. The Morgan fingerprint density at radius 1 is 1.33 bits per heavy atom. The van der Waals surface area contributed by atoms with Crippen LogP contribution in [-0.2, 0) is 0 Å². The Hall–Kier alpha value is -1.71. The van der Waals surface area contributed by atoms with Gasteiger partial charge in [0.25, 0.3) is 0 Å². The highest BCUT2D eigenvalue weighted by Gasteiger charge is 2.05. The van der Waals surface area contributed by atoms with Gasteiger partial charge in [-0.1, -0.05) is 5.16 Å². The lowest BCUT2D eigenvalue weighted by molar-refractivity contribution is 0.318. The summed E-state index contributed by atoms with van der Waals surface area (Å²) in [4.78, 5) is 0. The lowest BCUT2D eigenvalue weighted by atomic mass is 10.1. The summed E-state index contributed by atoms with van der Waals surface area (Å²) in [5.41, 5.74) is 0.570. The molecule has 0 amide bonds. The van der Waals surface area contributed by atoms with E-state index >= 15 is 0 Å². The fourth-order valence-corrected chi connectivity index (χ4v) is 0.868. The fourth-order valence-electron chi connectivity index (χ4n) is 0.868. The van der Waals surface area contributed by atoms with Crippen LogP contribution in [0.2, 0.25) is 0 Å². The smallest absolute Gasteiger partial charge is 0.125 e. The monoisotopic (exact) mass is 167 g/mol. The predicted octanol–water partition coefficient (Wildman–Crippen LogP) is 1.30. The summed E-state index contributed by atoms with van der Waals surface area (Å²) in [7, 11) is 0. The summed E-state index contributed by atoms with van der Waals surface area (Å²) in [6.07, 6.45) is 0. The Bertz CT molecular complexity index is 320. The van der Waals surface area contributed by atoms with E-state index in [1.54, 1.807) is 0 Å². The summed E-state index contributed by atoms with van der Waals surface area (Å²) in [6.45, 7) is 1.52. The van der Waals surface area contributed by atoms with E-state index in [9.17, 15) is 5.11 Å². The van der Waals surface area contributed by atoms with E-state index in [0.29, 0.717) is 5.56 Å². The van der Waals surface area contributed by atoms with Crippen LogP contribution in [-0.4, -0.2) is 21.1 Å². The van der Waals surface area contributed by atoms with Crippen molar-refractivity contribution in [2.45, 2.75) is 6.92 Å². The third-order valence-corrected chi connectivity index (χ3v) is 1.52. The standard InChI is InChI=1S/C8H9NO3/c1-5(9-12)7-4-6(10)2-3-8(7)11/h2-4,10-12H,1H3. The number of benzene rings is 1. The van der Waals surface area contributed by atoms with Gasteiger partial charge in [-0.3, -0.25) is 0 Å². The highest BCUT2D eigenvalue weighted by atomic mass is 16.4. The van der Waals surface area contributed by atoms with Crippen molar-refractivity contribution in [1.82, 2.24) is 0 Å². The van der Waals surface area contributed by atoms with E-state index in [4.69, 9.17) is 10.3 Å². The summed E-state index contributed by atoms with van der Waals surface area (Å²) < 4.78 is 0. The number of hydrogen-bond acceptors (Lipinski definition) is 4. The first-order valence-corrected chi connectivity index (χ1v) is 3.36. The van der Waals surface area contributed by atoms with Crippen molar-refractivity contribution in [3.05, 3.63) is 23.8 Å². The van der Waals surface area contributed by atoms with Crippen molar-refractivity contribution in [1.29, 1.82) is 0 Å². The number of aromatic hydroxyl groups is 2. The van der Waals surface area contributed by atoms with E-state index in [2.05, 4.69) is 5.16 Å². The van der Waals surface area contributed by atoms with Gasteiger partial charge in [0.15, 0.2) is 0 Å². The molecule has 4 nitrogen and oxygen atoms in total. The van der Waals surface area contributed by atoms with Gasteiger partial charge in [-0.05, 0) is 25.1 Å². The normalized spacial score (nSPS) is 11.6. The molecule has 3 N–H and O–H groups in total. The zero-order valence-electron chi connectivity index (χ0n) is 6.52. The molecule has 1 rings (SSSR count). The van der Waals surface area contributed by atoms with Gasteiger partial charge in [0.1, 0.15) is 11.5 Å². The van der Waals surface area contributed by atoms with Gasteiger partial charge >= 0.3 is 0 Å². The van der Waals surface area contributed by atoms with Crippen molar-refractivity contribution in [2.75, 3.05) is 0 Å². The minimum absolute atomic E-state index is 0.0193. The van der Waals surface area contributed by atoms with Crippen LogP contribution >= 0.6 is 0 Å². The number of hydrogen-bond donors (Lipinski definition) is 3. The second-order valence-electron chi connectivity index (χ2n) is 2.39. The quantitative estimate of drug-likeness (QED) is 0.255. The molecular formula is C8H9NO3. The van der Waals surface area contributed by atoms with Gasteiger partial charge in [0.2, 0.25) is 0 Å². The van der Waals surface area contributed by atoms with Gasteiger partial charge in [0, 0.05) is 5.56 Å². The van der Waals surface area contributed by atoms with Crippen molar-refractivity contribution in [3.63, 3.8) is 0 Å². The Labute approximate surface area is 69.4 Å². The molecule has 0 aromatic heterocycles. The first-order valence-electron chi connectivity index (χ1n) is 3.36. The molecule has 0 radical (unpaired) electrons. The maximum absolute atomic E-state index is 9.23. The second kappa shape index (κ2) is 3.13. The molecule has 4 heteroatoms. The minimum Gasteiger partial charge on any atom is -0.508 e. The zero-order valence-corrected chi connectivity index (χ0v) is 6.52. The molecule has 0 saturated carbocycles. The van der Waals surface area contributed by atoms with E-state index in [0.717, 1.165) is 0 Å². The number of phenols is 2. The molecule has 0 heterocycles. The minimum atomic E-state index is -0.0249. The molecule has 64 valence electrons. The summed E-state index contributed by atoms with van der Waals surface area (Å²) in [5, 5.41) is 29.6. The summed E-state index contributed by atoms with van der Waals surface area (Å²) in [5.74, 6) is -0.00565. The molecule has 0 atom stereocenters. The molecule has 0 aliphatic rings. The average Bonchev–Trinajstić information content (AvgIpc) is 2.08. The Morgan fingerprint density at radius 2 is 2.00 bits per heavy atom. The van der Waals surface area contributed by atoms with Gasteiger partial charge in [-0.15, -0.1) is 0 Å². The average molecular weight is 167 g/mol. The fraction of sp³-hybridized carbons (Fsp3) is 0.125. The largest absolute Gasteiger partial charge is 0.508 e. The van der Waals surface area contributed by atoms with E-state index in [1.165, 1.54) is 25.1 Å². The van der Waals surface area contributed by atoms with Crippen LogP contribution in [0.1, 0.15) is 12.5 Å². The maximum atomic E-state index is 9.23. The van der Waals surface area contributed by atoms with Gasteiger partial charge in [0.05, 0.1) is 5.71 Å². The van der Waals surface area contributed by atoms with E-state index < -0.39 is 0 Å². The maximum Gasteiger partial charge on any atom is 0.125 e.